The van der Waals surface area contributed by atoms with Crippen molar-refractivity contribution in [1.82, 2.24) is 20.1 Å². The Morgan fingerprint density at radius 1 is 1.28 bits per heavy atom. The lowest BCUT2D eigenvalue weighted by Gasteiger charge is -2.12. The lowest BCUT2D eigenvalue weighted by molar-refractivity contribution is -0.124. The molecule has 3 heterocycles. The van der Waals surface area contributed by atoms with Crippen molar-refractivity contribution in [2.24, 2.45) is 0 Å². The standard InChI is InChI=1S/C21H26N4O3S/c1-13(2)18-10-16(17-11-23-25(14(3)4)20(17)24-18)21(27)28-12-19(26)22-8-7-15-6-5-9-29-15/h5-6,9-11,13-14H,7-8,12H2,1-4H3,(H,22,26). The Hall–Kier alpha value is -2.74. The highest BCUT2D eigenvalue weighted by Gasteiger charge is 2.20. The number of aromatic nitrogens is 3. The maximum Gasteiger partial charge on any atom is 0.339 e. The van der Waals surface area contributed by atoms with Crippen LogP contribution in [0.15, 0.2) is 29.8 Å². The van der Waals surface area contributed by atoms with Crippen LogP contribution >= 0.6 is 11.3 Å². The number of carbonyl (C=O) groups excluding carboxylic acids is 2. The van der Waals surface area contributed by atoms with Crippen LogP contribution in [0.2, 0.25) is 0 Å². The van der Waals surface area contributed by atoms with Crippen molar-refractivity contribution in [1.29, 1.82) is 0 Å². The fourth-order valence-electron chi connectivity index (χ4n) is 2.92. The van der Waals surface area contributed by atoms with E-state index in [-0.39, 0.29) is 24.5 Å². The van der Waals surface area contributed by atoms with E-state index in [1.54, 1.807) is 28.3 Å². The summed E-state index contributed by atoms with van der Waals surface area (Å²) in [6.45, 7) is 8.24. The number of fused-ring (bicyclic) bond motifs is 1. The normalized spacial score (nSPS) is 11.4. The smallest absolute Gasteiger partial charge is 0.339 e. The predicted molar refractivity (Wildman–Crippen MR) is 113 cm³/mol. The first-order valence-corrected chi connectivity index (χ1v) is 10.6. The van der Waals surface area contributed by atoms with Crippen molar-refractivity contribution < 1.29 is 14.3 Å². The molecular formula is C21H26N4O3S. The van der Waals surface area contributed by atoms with E-state index in [2.05, 4.69) is 15.4 Å². The summed E-state index contributed by atoms with van der Waals surface area (Å²) in [6, 6.07) is 5.85. The van der Waals surface area contributed by atoms with Crippen molar-refractivity contribution in [3.63, 3.8) is 0 Å². The van der Waals surface area contributed by atoms with Gasteiger partial charge in [-0.05, 0) is 43.7 Å². The second kappa shape index (κ2) is 9.17. The van der Waals surface area contributed by atoms with Crippen LogP contribution in [-0.2, 0) is 16.0 Å². The fraction of sp³-hybridized carbons (Fsp3) is 0.429. The van der Waals surface area contributed by atoms with Crippen LogP contribution in [0.5, 0.6) is 0 Å². The molecule has 8 heteroatoms. The van der Waals surface area contributed by atoms with Crippen LogP contribution in [0, 0.1) is 0 Å². The monoisotopic (exact) mass is 414 g/mol. The zero-order chi connectivity index (χ0) is 21.0. The number of hydrogen-bond donors (Lipinski definition) is 1. The number of esters is 1. The number of carbonyl (C=O) groups is 2. The molecule has 154 valence electrons. The summed E-state index contributed by atoms with van der Waals surface area (Å²) >= 11 is 1.65. The number of ether oxygens (including phenoxy) is 1. The molecule has 7 nitrogen and oxygen atoms in total. The van der Waals surface area contributed by atoms with E-state index in [1.165, 1.54) is 4.88 Å². The van der Waals surface area contributed by atoms with Gasteiger partial charge in [0.05, 0.1) is 17.1 Å². The molecule has 0 saturated heterocycles. The summed E-state index contributed by atoms with van der Waals surface area (Å²) < 4.78 is 7.06. The Labute approximate surface area is 174 Å². The summed E-state index contributed by atoms with van der Waals surface area (Å²) in [4.78, 5) is 30.6. The van der Waals surface area contributed by atoms with E-state index in [1.807, 2.05) is 45.2 Å². The van der Waals surface area contributed by atoms with Gasteiger partial charge in [0.1, 0.15) is 0 Å². The zero-order valence-electron chi connectivity index (χ0n) is 17.1. The highest BCUT2D eigenvalue weighted by molar-refractivity contribution is 7.09. The number of amides is 1. The Balaban J connectivity index is 1.68. The van der Waals surface area contributed by atoms with Crippen LogP contribution in [-0.4, -0.2) is 39.8 Å². The fourth-order valence-corrected chi connectivity index (χ4v) is 3.63. The maximum absolute atomic E-state index is 12.7. The molecule has 0 saturated carbocycles. The van der Waals surface area contributed by atoms with Gasteiger partial charge in [-0.15, -0.1) is 11.3 Å². The predicted octanol–water partition coefficient (Wildman–Crippen LogP) is 3.71. The minimum absolute atomic E-state index is 0.111. The molecule has 29 heavy (non-hydrogen) atoms. The van der Waals surface area contributed by atoms with Crippen LogP contribution in [0.4, 0.5) is 0 Å². The van der Waals surface area contributed by atoms with Crippen LogP contribution in [0.1, 0.15) is 60.6 Å². The molecule has 0 radical (unpaired) electrons. The SMILES string of the molecule is CC(C)c1cc(C(=O)OCC(=O)NCCc2cccs2)c2cnn(C(C)C)c2n1. The Morgan fingerprint density at radius 2 is 2.07 bits per heavy atom. The summed E-state index contributed by atoms with van der Waals surface area (Å²) in [5, 5.41) is 9.77. The highest BCUT2D eigenvalue weighted by Crippen LogP contribution is 2.24. The molecule has 1 N–H and O–H groups in total. The quantitative estimate of drug-likeness (QED) is 0.568. The molecule has 0 aliphatic rings. The lowest BCUT2D eigenvalue weighted by Crippen LogP contribution is -2.30. The number of nitrogens with one attached hydrogen (secondary N) is 1. The highest BCUT2D eigenvalue weighted by atomic mass is 32.1. The minimum atomic E-state index is -0.545. The van der Waals surface area contributed by atoms with Gasteiger partial charge in [0.25, 0.3) is 5.91 Å². The second-order valence-electron chi connectivity index (χ2n) is 7.43. The van der Waals surface area contributed by atoms with E-state index in [9.17, 15) is 9.59 Å². The van der Waals surface area contributed by atoms with Crippen LogP contribution in [0.25, 0.3) is 11.0 Å². The third-order valence-corrected chi connectivity index (χ3v) is 5.43. The first-order valence-electron chi connectivity index (χ1n) is 9.71. The summed E-state index contributed by atoms with van der Waals surface area (Å²) in [5.74, 6) is -0.722. The first-order chi connectivity index (χ1) is 13.9. The van der Waals surface area contributed by atoms with Gasteiger partial charge < -0.3 is 10.1 Å². The van der Waals surface area contributed by atoms with Crippen molar-refractivity contribution in [3.05, 3.63) is 45.9 Å². The van der Waals surface area contributed by atoms with Crippen molar-refractivity contribution >= 4 is 34.2 Å². The summed E-state index contributed by atoms with van der Waals surface area (Å²) in [7, 11) is 0. The van der Waals surface area contributed by atoms with Gasteiger partial charge in [-0.1, -0.05) is 19.9 Å². The molecule has 0 aliphatic heterocycles. The Morgan fingerprint density at radius 3 is 2.72 bits per heavy atom. The van der Waals surface area contributed by atoms with Gasteiger partial charge in [-0.25, -0.2) is 14.5 Å². The lowest BCUT2D eigenvalue weighted by atomic mass is 10.1. The van der Waals surface area contributed by atoms with Crippen LogP contribution in [0.3, 0.4) is 0 Å². The Bertz CT molecular complexity index is 993. The van der Waals surface area contributed by atoms with Crippen LogP contribution < -0.4 is 5.32 Å². The molecule has 3 aromatic heterocycles. The summed E-state index contributed by atoms with van der Waals surface area (Å²) in [6.07, 6.45) is 2.39. The van der Waals surface area contributed by atoms with Gasteiger partial charge in [0.2, 0.25) is 0 Å². The first kappa shape index (κ1) is 21.0. The average molecular weight is 415 g/mol. The van der Waals surface area contributed by atoms with E-state index in [4.69, 9.17) is 4.74 Å². The van der Waals surface area contributed by atoms with E-state index in [0.29, 0.717) is 23.1 Å². The van der Waals surface area contributed by atoms with Gasteiger partial charge in [0.15, 0.2) is 12.3 Å². The van der Waals surface area contributed by atoms with Crippen molar-refractivity contribution in [3.8, 4) is 0 Å². The molecular weight excluding hydrogens is 388 g/mol. The molecule has 3 rings (SSSR count). The van der Waals surface area contributed by atoms with E-state index < -0.39 is 5.97 Å². The Kier molecular flexibility index (Phi) is 6.64. The number of rotatable bonds is 8. The molecule has 3 aromatic rings. The number of pyridine rings is 1. The van der Waals surface area contributed by atoms with E-state index in [0.717, 1.165) is 12.1 Å². The van der Waals surface area contributed by atoms with Gasteiger partial charge >= 0.3 is 5.97 Å². The third kappa shape index (κ3) is 5.00. The third-order valence-electron chi connectivity index (χ3n) is 4.50. The van der Waals surface area contributed by atoms with Crippen molar-refractivity contribution in [2.45, 2.75) is 46.1 Å². The maximum atomic E-state index is 12.7. The molecule has 0 aromatic carbocycles. The van der Waals surface area contributed by atoms with Gasteiger partial charge in [0, 0.05) is 23.2 Å². The van der Waals surface area contributed by atoms with Gasteiger partial charge in [-0.3, -0.25) is 4.79 Å². The topological polar surface area (TPSA) is 86.1 Å². The van der Waals surface area contributed by atoms with E-state index >= 15 is 0 Å². The molecule has 0 bridgehead atoms. The van der Waals surface area contributed by atoms with Gasteiger partial charge in [-0.2, -0.15) is 5.10 Å². The summed E-state index contributed by atoms with van der Waals surface area (Å²) in [5.41, 5.74) is 1.82. The molecule has 0 atom stereocenters. The molecule has 0 fully saturated rings. The number of hydrogen-bond acceptors (Lipinski definition) is 6. The molecule has 0 spiro atoms. The largest absolute Gasteiger partial charge is 0.452 e. The number of thiophene rings is 1. The second-order valence-corrected chi connectivity index (χ2v) is 8.46. The minimum Gasteiger partial charge on any atom is -0.452 e. The molecule has 0 unspecified atom stereocenters. The zero-order valence-corrected chi connectivity index (χ0v) is 18.0. The average Bonchev–Trinajstić information content (AvgIpc) is 3.34. The number of nitrogens with zero attached hydrogens (tertiary/aromatic N) is 3. The molecule has 1 amide bonds. The van der Waals surface area contributed by atoms with Crippen molar-refractivity contribution in [2.75, 3.05) is 13.2 Å². The molecule has 0 aliphatic carbocycles.